The fourth-order valence-electron chi connectivity index (χ4n) is 2.49. The molecule has 0 fully saturated rings. The van der Waals surface area contributed by atoms with Gasteiger partial charge in [0.25, 0.3) is 19.7 Å². The van der Waals surface area contributed by atoms with Crippen LogP contribution in [0, 0.1) is 0 Å². The fourth-order valence-corrected chi connectivity index (χ4v) is 15.6. The average molecular weight is 465 g/mol. The molecule has 4 nitrogen and oxygen atoms in total. The minimum atomic E-state index is -6.52. The Morgan fingerprint density at radius 2 is 1.38 bits per heavy atom. The standard InChI is InChI=1S/C12H22F6O4S2Si2/c1-5-26(3,4)9-25(2)8-6-7-10(23(19,20)11(13,14)15)24(21,22)12(16,17)18/h5,10,25H,1,6-9H2,2-4H3. The van der Waals surface area contributed by atoms with E-state index in [9.17, 15) is 43.2 Å². The van der Waals surface area contributed by atoms with Crippen LogP contribution in [-0.4, -0.2) is 49.3 Å². The van der Waals surface area contributed by atoms with Crippen molar-refractivity contribution >= 4 is 36.5 Å². The number of sulfone groups is 2. The van der Waals surface area contributed by atoms with Gasteiger partial charge in [-0.3, -0.25) is 0 Å². The summed E-state index contributed by atoms with van der Waals surface area (Å²) < 4.78 is 118. The lowest BCUT2D eigenvalue weighted by molar-refractivity contribution is -0.0472. The highest BCUT2D eigenvalue weighted by atomic mass is 32.3. The maximum Gasteiger partial charge on any atom is 0.498 e. The minimum Gasteiger partial charge on any atom is -0.218 e. The molecule has 0 spiro atoms. The van der Waals surface area contributed by atoms with Gasteiger partial charge in [-0.15, -0.1) is 12.3 Å². The van der Waals surface area contributed by atoms with E-state index in [0.717, 1.165) is 5.67 Å². The van der Waals surface area contributed by atoms with Gasteiger partial charge in [0.15, 0.2) is 4.58 Å². The van der Waals surface area contributed by atoms with Gasteiger partial charge in [0, 0.05) is 8.80 Å². The summed E-state index contributed by atoms with van der Waals surface area (Å²) >= 11 is 0. The predicted molar refractivity (Wildman–Crippen MR) is 93.3 cm³/mol. The molecule has 1 atom stereocenters. The maximum atomic E-state index is 12.6. The second kappa shape index (κ2) is 8.35. The summed E-state index contributed by atoms with van der Waals surface area (Å²) in [5.41, 5.74) is -9.59. The van der Waals surface area contributed by atoms with Crippen LogP contribution in [0.2, 0.25) is 31.4 Å². The van der Waals surface area contributed by atoms with Gasteiger partial charge in [-0.05, 0) is 6.42 Å². The lowest BCUT2D eigenvalue weighted by atomic mass is 10.4. The van der Waals surface area contributed by atoms with Crippen molar-refractivity contribution in [2.45, 2.75) is 59.8 Å². The first-order valence-electron chi connectivity index (χ1n) is 7.53. The second-order valence-electron chi connectivity index (χ2n) is 6.84. The first-order valence-corrected chi connectivity index (χ1v) is 16.7. The Hall–Kier alpha value is -0.346. The molecule has 0 N–H and O–H groups in total. The number of hydrogen-bond acceptors (Lipinski definition) is 4. The SMILES string of the molecule is C=C[Si](C)(C)C[SiH](C)CCCC(S(=O)(=O)C(F)(F)F)S(=O)(=O)C(F)(F)F. The molecule has 0 aromatic rings. The minimum absolute atomic E-state index is 0.238. The van der Waals surface area contributed by atoms with Crippen LogP contribution in [0.5, 0.6) is 0 Å². The van der Waals surface area contributed by atoms with Crippen LogP contribution < -0.4 is 0 Å². The van der Waals surface area contributed by atoms with Crippen LogP contribution in [0.25, 0.3) is 0 Å². The van der Waals surface area contributed by atoms with Crippen LogP contribution in [0.15, 0.2) is 12.3 Å². The maximum absolute atomic E-state index is 12.6. The number of hydrogen-bond donors (Lipinski definition) is 0. The molecule has 26 heavy (non-hydrogen) atoms. The molecule has 0 bridgehead atoms. The quantitative estimate of drug-likeness (QED) is 0.385. The van der Waals surface area contributed by atoms with E-state index in [4.69, 9.17) is 0 Å². The molecule has 0 saturated carbocycles. The normalized spacial score (nSPS) is 15.9. The van der Waals surface area contributed by atoms with Crippen LogP contribution in [-0.2, 0) is 19.7 Å². The predicted octanol–water partition coefficient (Wildman–Crippen LogP) is 3.79. The van der Waals surface area contributed by atoms with E-state index >= 15 is 0 Å². The summed E-state index contributed by atoms with van der Waals surface area (Å²) in [6.45, 7) is 9.53. The van der Waals surface area contributed by atoms with Gasteiger partial charge in [0.05, 0.1) is 8.07 Å². The molecule has 0 rings (SSSR count). The van der Waals surface area contributed by atoms with Gasteiger partial charge in [0.2, 0.25) is 0 Å². The van der Waals surface area contributed by atoms with E-state index in [2.05, 4.69) is 6.58 Å². The van der Waals surface area contributed by atoms with E-state index in [1.165, 1.54) is 0 Å². The smallest absolute Gasteiger partial charge is 0.218 e. The van der Waals surface area contributed by atoms with Gasteiger partial charge in [-0.25, -0.2) is 16.8 Å². The number of alkyl halides is 6. The summed E-state index contributed by atoms with van der Waals surface area (Å²) in [5.74, 6) is 0. The highest BCUT2D eigenvalue weighted by Gasteiger charge is 2.62. The molecule has 0 aliphatic rings. The van der Waals surface area contributed by atoms with E-state index < -0.39 is 58.6 Å². The zero-order valence-corrected chi connectivity index (χ0v) is 18.3. The van der Waals surface area contributed by atoms with Crippen molar-refractivity contribution in [1.29, 1.82) is 0 Å². The molecule has 0 aliphatic heterocycles. The summed E-state index contributed by atoms with van der Waals surface area (Å²) in [4.78, 5) is 0. The van der Waals surface area contributed by atoms with Crippen molar-refractivity contribution in [3.05, 3.63) is 12.3 Å². The molecular formula is C12H22F6O4S2Si2. The fraction of sp³-hybridized carbons (Fsp3) is 0.833. The molecule has 14 heteroatoms. The molecule has 156 valence electrons. The van der Waals surface area contributed by atoms with Crippen molar-refractivity contribution in [2.75, 3.05) is 0 Å². The summed E-state index contributed by atoms with van der Waals surface area (Å²) in [7, 11) is -16.3. The Balaban J connectivity index is 5.48. The lowest BCUT2D eigenvalue weighted by Gasteiger charge is -2.23. The van der Waals surface area contributed by atoms with Gasteiger partial charge in [-0.1, -0.05) is 37.8 Å². The largest absolute Gasteiger partial charge is 0.498 e. The van der Waals surface area contributed by atoms with Crippen LogP contribution in [0.4, 0.5) is 26.3 Å². The zero-order valence-electron chi connectivity index (χ0n) is 14.5. The lowest BCUT2D eigenvalue weighted by Crippen LogP contribution is -2.45. The average Bonchev–Trinajstić information content (AvgIpc) is 2.40. The van der Waals surface area contributed by atoms with Crippen LogP contribution in [0.1, 0.15) is 12.8 Å². The van der Waals surface area contributed by atoms with E-state index in [-0.39, 0.29) is 12.5 Å². The molecular weight excluding hydrogens is 442 g/mol. The van der Waals surface area contributed by atoms with Gasteiger partial charge in [-0.2, -0.15) is 26.3 Å². The van der Waals surface area contributed by atoms with Crippen LogP contribution in [0.3, 0.4) is 0 Å². The topological polar surface area (TPSA) is 68.3 Å². The summed E-state index contributed by atoms with van der Waals surface area (Å²) in [5, 5.41) is 0. The van der Waals surface area contributed by atoms with E-state index in [1.807, 2.05) is 25.3 Å². The molecule has 0 radical (unpaired) electrons. The molecule has 0 aliphatic carbocycles. The molecule has 0 saturated heterocycles. The highest BCUT2D eigenvalue weighted by molar-refractivity contribution is 8.09. The Morgan fingerprint density at radius 3 is 1.69 bits per heavy atom. The van der Waals surface area contributed by atoms with Gasteiger partial charge < -0.3 is 0 Å². The van der Waals surface area contributed by atoms with Crippen molar-refractivity contribution in [2.24, 2.45) is 0 Å². The molecule has 1 unspecified atom stereocenters. The van der Waals surface area contributed by atoms with Gasteiger partial charge >= 0.3 is 11.0 Å². The number of halogens is 6. The monoisotopic (exact) mass is 464 g/mol. The van der Waals surface area contributed by atoms with Crippen molar-refractivity contribution in [1.82, 2.24) is 0 Å². The zero-order chi connectivity index (χ0) is 21.2. The molecule has 0 amide bonds. The van der Waals surface area contributed by atoms with Crippen molar-refractivity contribution in [3.8, 4) is 0 Å². The molecule has 0 heterocycles. The Labute approximate surface area is 152 Å². The third-order valence-electron chi connectivity index (χ3n) is 3.90. The molecule has 0 aromatic carbocycles. The second-order valence-corrected chi connectivity index (χ2v) is 20.2. The Morgan fingerprint density at radius 1 is 1.00 bits per heavy atom. The third-order valence-corrected chi connectivity index (χ3v) is 18.1. The van der Waals surface area contributed by atoms with Gasteiger partial charge in [0.1, 0.15) is 0 Å². The van der Waals surface area contributed by atoms with Crippen molar-refractivity contribution in [3.63, 3.8) is 0 Å². The highest BCUT2D eigenvalue weighted by Crippen LogP contribution is 2.38. The Bertz CT molecular complexity index is 654. The first kappa shape index (κ1) is 25.7. The van der Waals surface area contributed by atoms with Crippen LogP contribution >= 0.6 is 0 Å². The van der Waals surface area contributed by atoms with E-state index in [0.29, 0.717) is 0 Å². The molecule has 0 aromatic heterocycles. The van der Waals surface area contributed by atoms with E-state index in [1.54, 1.807) is 0 Å². The third kappa shape index (κ3) is 6.37. The first-order chi connectivity index (χ1) is 11.3. The van der Waals surface area contributed by atoms with Crippen molar-refractivity contribution < 1.29 is 43.2 Å². The summed E-state index contributed by atoms with van der Waals surface area (Å²) in [6, 6.07) is 0.238. The summed E-state index contributed by atoms with van der Waals surface area (Å²) in [6.07, 6.45) is -1.58. The Kier molecular flexibility index (Phi) is 8.23. The number of rotatable bonds is 9.